The number of rotatable bonds is 11. The number of hydrogen-bond acceptors (Lipinski definition) is 12. The zero-order valence-corrected chi connectivity index (χ0v) is 26.4. The van der Waals surface area contributed by atoms with Crippen LogP contribution in [0.3, 0.4) is 0 Å². The normalized spacial score (nSPS) is 22.5. The van der Waals surface area contributed by atoms with E-state index in [0.29, 0.717) is 38.0 Å². The van der Waals surface area contributed by atoms with Crippen molar-refractivity contribution in [3.05, 3.63) is 53.3 Å². The van der Waals surface area contributed by atoms with Crippen LogP contribution in [0.5, 0.6) is 16.7 Å². The quantitative estimate of drug-likeness (QED) is 0.163. The minimum absolute atomic E-state index is 0.0240. The fourth-order valence-electron chi connectivity index (χ4n) is 5.82. The Morgan fingerprint density at radius 2 is 1.81 bits per heavy atom. The van der Waals surface area contributed by atoms with Crippen LogP contribution in [-0.2, 0) is 25.6 Å². The molecule has 2 aliphatic heterocycles. The van der Waals surface area contributed by atoms with Crippen LogP contribution in [0.15, 0.2) is 40.9 Å². The molecule has 1 saturated carbocycles. The second-order valence-corrected chi connectivity index (χ2v) is 12.7. The summed E-state index contributed by atoms with van der Waals surface area (Å²) < 4.78 is 85.5. The lowest BCUT2D eigenvalue weighted by Gasteiger charge is -2.18. The molecule has 11 nitrogen and oxygen atoms in total. The molecule has 0 N–H and O–H groups in total. The lowest BCUT2D eigenvalue weighted by Crippen LogP contribution is -2.35. The number of para-hydroxylation sites is 1. The van der Waals surface area contributed by atoms with E-state index in [4.69, 9.17) is 32.9 Å². The van der Waals surface area contributed by atoms with E-state index in [1.165, 1.54) is 36.6 Å². The van der Waals surface area contributed by atoms with Crippen molar-refractivity contribution in [2.45, 2.75) is 76.1 Å². The molecular weight excluding hydrogens is 645 g/mol. The van der Waals surface area contributed by atoms with Gasteiger partial charge >= 0.3 is 12.3 Å². The van der Waals surface area contributed by atoms with Gasteiger partial charge in [-0.3, -0.25) is 0 Å². The van der Waals surface area contributed by atoms with E-state index in [2.05, 4.69) is 14.9 Å². The molecule has 7 rings (SSSR count). The van der Waals surface area contributed by atoms with Gasteiger partial charge in [0.1, 0.15) is 46.8 Å². The number of esters is 1. The number of methoxy groups -OCH3 is 1. The highest BCUT2D eigenvalue weighted by molar-refractivity contribution is 7.20. The molecule has 2 unspecified atom stereocenters. The summed E-state index contributed by atoms with van der Waals surface area (Å²) in [6, 6.07) is 9.10. The number of halogens is 3. The minimum Gasteiger partial charge on any atom is -0.489 e. The average Bonchev–Trinajstić information content (AvgIpc) is 3.32. The summed E-state index contributed by atoms with van der Waals surface area (Å²) in [5.74, 6) is 0.302. The molecule has 250 valence electrons. The third-order valence-electron chi connectivity index (χ3n) is 8.02. The molecule has 4 atom stereocenters. The molecule has 2 saturated heterocycles. The van der Waals surface area contributed by atoms with Crippen molar-refractivity contribution in [3.63, 3.8) is 0 Å². The first-order valence-corrected chi connectivity index (χ1v) is 15.9. The highest BCUT2D eigenvalue weighted by Crippen LogP contribution is 2.46. The van der Waals surface area contributed by atoms with Crippen molar-refractivity contribution < 1.29 is 55.6 Å². The number of ether oxygens (including phenoxy) is 7. The molecule has 0 bridgehead atoms. The van der Waals surface area contributed by atoms with Crippen molar-refractivity contribution in [1.82, 2.24) is 10.1 Å². The van der Waals surface area contributed by atoms with Crippen LogP contribution in [0, 0.1) is 0 Å². The van der Waals surface area contributed by atoms with E-state index in [9.17, 15) is 18.0 Å². The number of benzene rings is 2. The Bertz CT molecular complexity index is 1770. The van der Waals surface area contributed by atoms with Crippen molar-refractivity contribution in [2.75, 3.05) is 20.3 Å². The van der Waals surface area contributed by atoms with Crippen LogP contribution in [-0.4, -0.2) is 73.3 Å². The van der Waals surface area contributed by atoms with Gasteiger partial charge in [-0.15, -0.1) is 13.2 Å². The molecule has 0 amide bonds. The van der Waals surface area contributed by atoms with E-state index in [-0.39, 0.29) is 48.8 Å². The van der Waals surface area contributed by atoms with Gasteiger partial charge in [0.15, 0.2) is 6.10 Å². The summed E-state index contributed by atoms with van der Waals surface area (Å²) in [5.41, 5.74) is 1.87. The number of alkyl halides is 3. The monoisotopic (exact) mass is 676 g/mol. The van der Waals surface area contributed by atoms with Gasteiger partial charge in [0.25, 0.3) is 5.19 Å². The Hall–Kier alpha value is -3.92. The molecule has 3 fully saturated rings. The number of aromatic nitrogens is 2. The van der Waals surface area contributed by atoms with Crippen LogP contribution in [0.2, 0.25) is 0 Å². The minimum atomic E-state index is -4.87. The molecule has 47 heavy (non-hydrogen) atoms. The number of fused-ring (bicyclic) bond motifs is 2. The molecule has 3 aliphatic rings. The summed E-state index contributed by atoms with van der Waals surface area (Å²) in [6.07, 6.45) is -5.10. The molecule has 0 radical (unpaired) electrons. The first-order valence-electron chi connectivity index (χ1n) is 15.1. The molecule has 4 aromatic rings. The average molecular weight is 677 g/mol. The third-order valence-corrected chi connectivity index (χ3v) is 8.91. The van der Waals surface area contributed by atoms with Crippen LogP contribution in [0.4, 0.5) is 13.2 Å². The van der Waals surface area contributed by atoms with E-state index in [1.54, 1.807) is 18.2 Å². The molecule has 2 aromatic heterocycles. The molecule has 15 heteroatoms. The summed E-state index contributed by atoms with van der Waals surface area (Å²) in [7, 11) is 1.31. The third kappa shape index (κ3) is 6.62. The number of carbonyl (C=O) groups is 1. The molecular formula is C32H31F3N2O9S. The van der Waals surface area contributed by atoms with Crippen molar-refractivity contribution in [1.29, 1.82) is 0 Å². The maximum Gasteiger partial charge on any atom is 0.573 e. The van der Waals surface area contributed by atoms with Gasteiger partial charge in [-0.1, -0.05) is 28.6 Å². The van der Waals surface area contributed by atoms with Gasteiger partial charge in [-0.05, 0) is 51.0 Å². The van der Waals surface area contributed by atoms with Crippen LogP contribution < -0.4 is 14.2 Å². The fraction of sp³-hybridized carbons (Fsp3) is 0.469. The lowest BCUT2D eigenvalue weighted by molar-refractivity contribution is -0.274. The Morgan fingerprint density at radius 3 is 2.53 bits per heavy atom. The van der Waals surface area contributed by atoms with Crippen LogP contribution in [0.25, 0.3) is 21.5 Å². The predicted octanol–water partition coefficient (Wildman–Crippen LogP) is 6.43. The van der Waals surface area contributed by atoms with Crippen LogP contribution in [0.1, 0.15) is 54.3 Å². The SMILES string of the molecule is COC(=O)c1cc(OC(C)C)c2nc(OC3CO[C@@H]4C(OCc5c(-c6ccccc6OC(F)(F)F)noc5C5CC5)CO[C@H]34)sc2c1. The first-order chi connectivity index (χ1) is 22.6. The summed E-state index contributed by atoms with van der Waals surface area (Å²) in [6.45, 7) is 4.23. The molecule has 4 heterocycles. The first kappa shape index (κ1) is 31.7. The molecule has 0 spiro atoms. The van der Waals surface area contributed by atoms with Crippen molar-refractivity contribution in [2.24, 2.45) is 0 Å². The van der Waals surface area contributed by atoms with Crippen LogP contribution >= 0.6 is 11.3 Å². The fourth-order valence-corrected chi connectivity index (χ4v) is 6.74. The highest BCUT2D eigenvalue weighted by Gasteiger charge is 2.50. The second-order valence-electron chi connectivity index (χ2n) is 11.8. The number of hydrogen-bond donors (Lipinski definition) is 0. The largest absolute Gasteiger partial charge is 0.573 e. The number of nitrogens with zero attached hydrogens (tertiary/aromatic N) is 2. The Kier molecular flexibility index (Phi) is 8.49. The topological polar surface area (TPSA) is 121 Å². The van der Waals surface area contributed by atoms with E-state index >= 15 is 0 Å². The smallest absolute Gasteiger partial charge is 0.489 e. The maximum atomic E-state index is 13.1. The Labute approximate surface area is 270 Å². The van der Waals surface area contributed by atoms with Gasteiger partial charge in [-0.25, -0.2) is 4.79 Å². The summed E-state index contributed by atoms with van der Waals surface area (Å²) in [5, 5.41) is 4.51. The number of carbonyl (C=O) groups excluding carboxylic acids is 1. The van der Waals surface area contributed by atoms with Gasteiger partial charge in [-0.2, -0.15) is 4.98 Å². The number of thiazole rings is 1. The predicted molar refractivity (Wildman–Crippen MR) is 160 cm³/mol. The zero-order valence-electron chi connectivity index (χ0n) is 25.6. The van der Waals surface area contributed by atoms with Gasteiger partial charge in [0.05, 0.1) is 43.3 Å². The summed E-state index contributed by atoms with van der Waals surface area (Å²) in [4.78, 5) is 16.9. The standard InChI is InChI=1S/C32H31F3N2O9S/c1-15(2)43-21-10-17(30(38)39-3)11-24-26(21)36-31(47-24)44-23-14-42-28-22(13-41-29(23)28)40-12-19-25(37-46-27(19)16-8-9-16)18-6-4-5-7-20(18)45-32(33,34)35/h4-7,10-11,15-16,22-23,28-29H,8-9,12-14H2,1-3H3/t22?,23?,28-,29-/m1/s1. The molecule has 1 aliphatic carbocycles. The van der Waals surface area contributed by atoms with E-state index in [0.717, 1.165) is 12.8 Å². The van der Waals surface area contributed by atoms with Crippen molar-refractivity contribution >= 4 is 27.5 Å². The van der Waals surface area contributed by atoms with E-state index < -0.39 is 36.7 Å². The van der Waals surface area contributed by atoms with Gasteiger partial charge < -0.3 is 37.7 Å². The zero-order chi connectivity index (χ0) is 32.9. The van der Waals surface area contributed by atoms with Gasteiger partial charge in [0, 0.05) is 17.0 Å². The van der Waals surface area contributed by atoms with Crippen molar-refractivity contribution in [3.8, 4) is 28.0 Å². The maximum absolute atomic E-state index is 13.1. The van der Waals surface area contributed by atoms with Gasteiger partial charge in [0.2, 0.25) is 0 Å². The highest BCUT2D eigenvalue weighted by atomic mass is 32.1. The molecule has 2 aromatic carbocycles. The summed E-state index contributed by atoms with van der Waals surface area (Å²) >= 11 is 1.26. The van der Waals surface area contributed by atoms with E-state index in [1.807, 2.05) is 13.8 Å². The Morgan fingerprint density at radius 1 is 1.06 bits per heavy atom. The second kappa shape index (κ2) is 12.6. The lowest BCUT2D eigenvalue weighted by atomic mass is 10.0. The Balaban J connectivity index is 1.06.